The number of aliphatic imine (C=N–C) groups is 1. The number of aryl methyl sites for hydroxylation is 1. The Hall–Kier alpha value is -3.12. The lowest BCUT2D eigenvalue weighted by atomic mass is 9.71. The fourth-order valence-electron chi connectivity index (χ4n) is 8.74. The van der Waals surface area contributed by atoms with Crippen molar-refractivity contribution in [1.29, 1.82) is 0 Å². The molecule has 1 spiro atoms. The number of likely N-dealkylation sites (N-methyl/N-ethyl adjacent to an activating group) is 1. The van der Waals surface area contributed by atoms with Crippen molar-refractivity contribution in [2.75, 3.05) is 78.7 Å². The third-order valence-corrected chi connectivity index (χ3v) is 10.9. The lowest BCUT2D eigenvalue weighted by Crippen LogP contribution is -2.51. The summed E-state index contributed by atoms with van der Waals surface area (Å²) in [7, 11) is 6.19. The first-order chi connectivity index (χ1) is 22.7. The zero-order valence-corrected chi connectivity index (χ0v) is 28.4. The second-order valence-electron chi connectivity index (χ2n) is 14.6. The Labute approximate surface area is 278 Å². The number of halogens is 1. The second kappa shape index (κ2) is 13.4. The molecule has 7 rings (SSSR count). The van der Waals surface area contributed by atoms with Crippen LogP contribution in [-0.2, 0) is 29.7 Å². The van der Waals surface area contributed by atoms with Gasteiger partial charge in [0.05, 0.1) is 42.4 Å². The maximum atomic E-state index is 14.6. The summed E-state index contributed by atoms with van der Waals surface area (Å²) in [5.74, 6) is 0.914. The van der Waals surface area contributed by atoms with E-state index in [9.17, 15) is 4.39 Å². The van der Waals surface area contributed by atoms with Gasteiger partial charge in [-0.25, -0.2) is 4.39 Å². The largest absolute Gasteiger partial charge is 0.461 e. The van der Waals surface area contributed by atoms with Crippen molar-refractivity contribution in [1.82, 2.24) is 24.7 Å². The summed E-state index contributed by atoms with van der Waals surface area (Å²) >= 11 is 0. The molecule has 254 valence electrons. The number of aromatic nitrogens is 2. The van der Waals surface area contributed by atoms with Crippen molar-refractivity contribution in [3.63, 3.8) is 0 Å². The van der Waals surface area contributed by atoms with Crippen molar-refractivity contribution in [2.45, 2.75) is 75.2 Å². The van der Waals surface area contributed by atoms with E-state index in [1.807, 2.05) is 25.1 Å². The van der Waals surface area contributed by atoms with Gasteiger partial charge in [0.1, 0.15) is 18.6 Å². The summed E-state index contributed by atoms with van der Waals surface area (Å²) in [5, 5.41) is 0. The van der Waals surface area contributed by atoms with Gasteiger partial charge in [0, 0.05) is 50.3 Å². The molecule has 10 nitrogen and oxygen atoms in total. The second-order valence-corrected chi connectivity index (χ2v) is 14.6. The summed E-state index contributed by atoms with van der Waals surface area (Å²) < 4.78 is 26.9. The Balaban J connectivity index is 1.22. The Morgan fingerprint density at radius 2 is 2.00 bits per heavy atom. The molecule has 2 aromatic rings. The minimum absolute atomic E-state index is 0.117. The molecular weight excluding hydrogens is 595 g/mol. The highest BCUT2D eigenvalue weighted by Gasteiger charge is 2.50. The molecule has 0 saturated carbocycles. The van der Waals surface area contributed by atoms with E-state index in [2.05, 4.69) is 46.0 Å². The van der Waals surface area contributed by atoms with E-state index < -0.39 is 6.17 Å². The summed E-state index contributed by atoms with van der Waals surface area (Å²) in [6.07, 6.45) is 8.77. The van der Waals surface area contributed by atoms with Crippen LogP contribution >= 0.6 is 0 Å². The molecule has 2 fully saturated rings. The average Bonchev–Trinajstić information content (AvgIpc) is 3.47. The zero-order valence-electron chi connectivity index (χ0n) is 28.4. The maximum absolute atomic E-state index is 14.6. The van der Waals surface area contributed by atoms with Gasteiger partial charge >= 0.3 is 6.01 Å². The normalized spacial score (nSPS) is 28.3. The van der Waals surface area contributed by atoms with Gasteiger partial charge in [0.25, 0.3) is 0 Å². The molecule has 0 bridgehead atoms. The third-order valence-electron chi connectivity index (χ3n) is 10.9. The number of anilines is 1. The van der Waals surface area contributed by atoms with Crippen LogP contribution in [0.1, 0.15) is 60.9 Å². The van der Waals surface area contributed by atoms with E-state index >= 15 is 0 Å². The minimum atomic E-state index is -0.802. The number of alkyl halides is 1. The van der Waals surface area contributed by atoms with Crippen molar-refractivity contribution < 1.29 is 13.9 Å². The highest BCUT2D eigenvalue weighted by Crippen LogP contribution is 2.47. The predicted molar refractivity (Wildman–Crippen MR) is 183 cm³/mol. The van der Waals surface area contributed by atoms with Crippen molar-refractivity contribution in [3.8, 4) is 6.01 Å². The lowest BCUT2D eigenvalue weighted by molar-refractivity contribution is 0.0705. The van der Waals surface area contributed by atoms with E-state index in [1.165, 1.54) is 11.1 Å². The summed E-state index contributed by atoms with van der Waals surface area (Å²) in [6.45, 7) is 5.60. The van der Waals surface area contributed by atoms with E-state index in [0.29, 0.717) is 51.2 Å². The molecule has 0 unspecified atom stereocenters. The number of rotatable bonds is 9. The third kappa shape index (κ3) is 6.51. The fourth-order valence-corrected chi connectivity index (χ4v) is 8.74. The Morgan fingerprint density at radius 1 is 1.13 bits per heavy atom. The number of ether oxygens (including phenoxy) is 2. The van der Waals surface area contributed by atoms with Crippen LogP contribution in [0.2, 0.25) is 0 Å². The number of hydrogen-bond donors (Lipinski definition) is 1. The molecule has 5 heterocycles. The molecule has 11 heteroatoms. The van der Waals surface area contributed by atoms with Gasteiger partial charge in [0.15, 0.2) is 0 Å². The standard InChI is InChI=1S/C36H51FN8O2/c1-42(2)25-46-23-28(38)17-29-21-44(15-8-14-39-29)33-30-22-43(3)36(13-6-10-26-9-4-5-11-31(26)36)19-32(30)40-34(41-33)47-24-35-12-7-16-45(35)20-27(37)18-35/h4-5,9,11,17,27H,6-8,10,12-16,18-25,38H2,1-3H3/b28-17-/t27-,35+,36+/m1/s1. The Bertz CT molecular complexity index is 1520. The summed E-state index contributed by atoms with van der Waals surface area (Å²) in [6, 6.07) is 9.33. The first-order valence-electron chi connectivity index (χ1n) is 17.4. The first kappa shape index (κ1) is 32.4. The SMILES string of the molecule is CN(C)COC/C(N)=C/C1=NCCCN(c2nc(OC[C@@]34CCCN3C[C@H](F)C4)nc3c2CN(C)[C@@]2(CCCc4ccccc42)C3)C1. The van der Waals surface area contributed by atoms with Crippen molar-refractivity contribution >= 4 is 11.5 Å². The summed E-state index contributed by atoms with van der Waals surface area (Å²) in [4.78, 5) is 24.3. The molecule has 1 aliphatic carbocycles. The maximum Gasteiger partial charge on any atom is 0.318 e. The summed E-state index contributed by atoms with van der Waals surface area (Å²) in [5.41, 5.74) is 12.7. The van der Waals surface area contributed by atoms with Gasteiger partial charge in [-0.2, -0.15) is 9.97 Å². The molecule has 3 atom stereocenters. The highest BCUT2D eigenvalue weighted by atomic mass is 19.1. The Morgan fingerprint density at radius 3 is 2.87 bits per heavy atom. The van der Waals surface area contributed by atoms with Crippen LogP contribution in [0.15, 0.2) is 41.0 Å². The zero-order chi connectivity index (χ0) is 32.6. The van der Waals surface area contributed by atoms with Gasteiger partial charge in [-0.15, -0.1) is 0 Å². The van der Waals surface area contributed by atoms with Gasteiger partial charge in [-0.05, 0) is 83.4 Å². The average molecular weight is 647 g/mol. The van der Waals surface area contributed by atoms with Crippen LogP contribution in [0.4, 0.5) is 10.2 Å². The van der Waals surface area contributed by atoms with Crippen LogP contribution in [0.25, 0.3) is 0 Å². The lowest BCUT2D eigenvalue weighted by Gasteiger charge is -2.49. The number of benzene rings is 1. The van der Waals surface area contributed by atoms with Crippen LogP contribution in [0.3, 0.4) is 0 Å². The van der Waals surface area contributed by atoms with E-state index in [0.717, 1.165) is 93.9 Å². The molecule has 47 heavy (non-hydrogen) atoms. The molecule has 2 N–H and O–H groups in total. The minimum Gasteiger partial charge on any atom is -0.461 e. The van der Waals surface area contributed by atoms with Gasteiger partial charge in [0.2, 0.25) is 0 Å². The molecule has 1 aromatic heterocycles. The van der Waals surface area contributed by atoms with Crippen LogP contribution in [0, 0.1) is 0 Å². The number of hydrogen-bond acceptors (Lipinski definition) is 10. The van der Waals surface area contributed by atoms with E-state index in [-0.39, 0.29) is 11.1 Å². The van der Waals surface area contributed by atoms with Crippen LogP contribution in [-0.4, -0.2) is 116 Å². The molecule has 4 aliphatic heterocycles. The predicted octanol–water partition coefficient (Wildman–Crippen LogP) is 3.68. The number of nitrogens with zero attached hydrogens (tertiary/aromatic N) is 7. The Kier molecular flexibility index (Phi) is 9.25. The molecule has 5 aliphatic rings. The quantitative estimate of drug-likeness (QED) is 0.410. The van der Waals surface area contributed by atoms with Crippen molar-refractivity contribution in [2.24, 2.45) is 10.7 Å². The molecule has 0 radical (unpaired) electrons. The van der Waals surface area contributed by atoms with Gasteiger partial charge in [-0.3, -0.25) is 19.7 Å². The number of nitrogens with two attached hydrogens (primary N) is 1. The van der Waals surface area contributed by atoms with E-state index in [4.69, 9.17) is 30.2 Å². The van der Waals surface area contributed by atoms with E-state index in [1.54, 1.807) is 0 Å². The van der Waals surface area contributed by atoms with Crippen molar-refractivity contribution in [3.05, 3.63) is 58.4 Å². The molecule has 0 amide bonds. The molecular formula is C36H51FN8O2. The van der Waals surface area contributed by atoms with Crippen LogP contribution < -0.4 is 15.4 Å². The first-order valence-corrected chi connectivity index (χ1v) is 17.4. The van der Waals surface area contributed by atoms with Gasteiger partial charge < -0.3 is 20.1 Å². The molecule has 1 aromatic carbocycles. The van der Waals surface area contributed by atoms with Crippen LogP contribution in [0.5, 0.6) is 6.01 Å². The fraction of sp³-hybridized carbons (Fsp3) is 0.639. The highest BCUT2D eigenvalue weighted by molar-refractivity contribution is 5.99. The smallest absolute Gasteiger partial charge is 0.318 e. The topological polar surface area (TPSA) is 95.6 Å². The number of fused-ring (bicyclic) bond motifs is 4. The molecule has 2 saturated heterocycles. The van der Waals surface area contributed by atoms with Gasteiger partial charge in [-0.1, -0.05) is 24.3 Å². The monoisotopic (exact) mass is 646 g/mol.